The van der Waals surface area contributed by atoms with Crippen LogP contribution < -0.4 is 0 Å². The lowest BCUT2D eigenvalue weighted by Crippen LogP contribution is -2.17. The number of aliphatic hydroxyl groups excluding tert-OH is 1. The van der Waals surface area contributed by atoms with Gasteiger partial charge in [-0.3, -0.25) is 0 Å². The fourth-order valence-electron chi connectivity index (χ4n) is 2.62. The molecular formula is C20H32O3. The third kappa shape index (κ3) is 6.00. The van der Waals surface area contributed by atoms with Gasteiger partial charge in [0.25, 0.3) is 0 Å². The molecule has 3 heteroatoms. The molecule has 1 rings (SSSR count). The predicted molar refractivity (Wildman–Crippen MR) is 95.8 cm³/mol. The highest BCUT2D eigenvalue weighted by molar-refractivity contribution is 5.49. The average molecular weight is 320 g/mol. The zero-order valence-electron chi connectivity index (χ0n) is 15.3. The van der Waals surface area contributed by atoms with Gasteiger partial charge >= 0.3 is 0 Å². The largest absolute Gasteiger partial charge is 0.507 e. The topological polar surface area (TPSA) is 60.7 Å². The summed E-state index contributed by atoms with van der Waals surface area (Å²) in [5.41, 5.74) is 2.97. The van der Waals surface area contributed by atoms with Gasteiger partial charge in [-0.25, -0.2) is 0 Å². The monoisotopic (exact) mass is 320 g/mol. The highest BCUT2D eigenvalue weighted by atomic mass is 16.5. The van der Waals surface area contributed by atoms with E-state index in [0.717, 1.165) is 30.4 Å². The lowest BCUT2D eigenvalue weighted by atomic mass is 9.78. The van der Waals surface area contributed by atoms with Gasteiger partial charge in [0.15, 0.2) is 6.29 Å². The van der Waals surface area contributed by atoms with Gasteiger partial charge in [-0.2, -0.15) is 0 Å². The Labute approximate surface area is 140 Å². The van der Waals surface area contributed by atoms with Crippen LogP contribution in [0.2, 0.25) is 0 Å². The maximum absolute atomic E-state index is 10.7. The van der Waals surface area contributed by atoms with Gasteiger partial charge in [0, 0.05) is 0 Å². The Hall–Kier alpha value is -1.32. The molecule has 3 N–H and O–H groups in total. The number of aryl methyl sites for hydroxylation is 1. The second-order valence-corrected chi connectivity index (χ2v) is 8.27. The third-order valence-corrected chi connectivity index (χ3v) is 3.93. The van der Waals surface area contributed by atoms with Crippen LogP contribution >= 0.6 is 0 Å². The van der Waals surface area contributed by atoms with Crippen LogP contribution in [0.3, 0.4) is 0 Å². The Morgan fingerprint density at radius 2 is 1.43 bits per heavy atom. The molecule has 0 aliphatic rings. The smallest absolute Gasteiger partial charge is 0.171 e. The van der Waals surface area contributed by atoms with E-state index in [1.165, 1.54) is 11.6 Å². The van der Waals surface area contributed by atoms with Crippen molar-refractivity contribution in [3.8, 4) is 5.75 Å². The van der Waals surface area contributed by atoms with E-state index in [0.29, 0.717) is 5.75 Å². The molecule has 0 unspecified atom stereocenters. The number of hydrogen-bond donors (Lipinski definition) is 3. The summed E-state index contributed by atoms with van der Waals surface area (Å²) in [7, 11) is 0. The summed E-state index contributed by atoms with van der Waals surface area (Å²) in [4.78, 5) is 0. The molecule has 0 saturated carbocycles. The van der Waals surface area contributed by atoms with Gasteiger partial charge in [-0.1, -0.05) is 59.8 Å². The molecule has 0 radical (unpaired) electrons. The summed E-state index contributed by atoms with van der Waals surface area (Å²) in [6.07, 6.45) is 4.44. The number of allylic oxidation sites excluding steroid dienone is 1. The number of phenols is 1. The van der Waals surface area contributed by atoms with Crippen LogP contribution in [0.15, 0.2) is 24.3 Å². The first kappa shape index (κ1) is 19.7. The molecule has 0 fully saturated rings. The lowest BCUT2D eigenvalue weighted by molar-refractivity contribution is 0.00216. The maximum atomic E-state index is 10.7. The van der Waals surface area contributed by atoms with Gasteiger partial charge in [0.2, 0.25) is 0 Å². The van der Waals surface area contributed by atoms with Crippen molar-refractivity contribution >= 4 is 0 Å². The first-order valence-electron chi connectivity index (χ1n) is 8.32. The van der Waals surface area contributed by atoms with Crippen molar-refractivity contribution in [2.24, 2.45) is 0 Å². The van der Waals surface area contributed by atoms with Crippen LogP contribution in [0, 0.1) is 0 Å². The molecular weight excluding hydrogens is 288 g/mol. The van der Waals surface area contributed by atoms with Crippen LogP contribution in [-0.2, 0) is 17.3 Å². The van der Waals surface area contributed by atoms with E-state index < -0.39 is 6.29 Å². The van der Waals surface area contributed by atoms with Crippen molar-refractivity contribution in [3.05, 3.63) is 41.0 Å². The highest BCUT2D eigenvalue weighted by Crippen LogP contribution is 2.39. The normalized spacial score (nSPS) is 13.3. The predicted octanol–water partition coefficient (Wildman–Crippen LogP) is 4.18. The summed E-state index contributed by atoms with van der Waals surface area (Å²) >= 11 is 0. The molecule has 130 valence electrons. The average Bonchev–Trinajstić information content (AvgIpc) is 2.36. The zero-order chi connectivity index (χ0) is 17.8. The van der Waals surface area contributed by atoms with Crippen LogP contribution in [0.5, 0.6) is 5.75 Å². The van der Waals surface area contributed by atoms with Crippen molar-refractivity contribution < 1.29 is 15.3 Å². The van der Waals surface area contributed by atoms with Crippen molar-refractivity contribution in [2.45, 2.75) is 77.9 Å². The molecule has 0 heterocycles. The standard InChI is InChI=1S/C20H32O3/c1-19(2,3)15-12-14(10-8-7-9-11-17(21)22)13-16(18(15)23)20(4,5)6/h9,11-13,17,21-23H,7-8,10H2,1-6H3. The van der Waals surface area contributed by atoms with E-state index in [2.05, 4.69) is 53.7 Å². The fourth-order valence-corrected chi connectivity index (χ4v) is 2.62. The molecule has 0 atom stereocenters. The zero-order valence-corrected chi connectivity index (χ0v) is 15.3. The Morgan fingerprint density at radius 3 is 1.83 bits per heavy atom. The van der Waals surface area contributed by atoms with Gasteiger partial charge in [-0.05, 0) is 52.9 Å². The van der Waals surface area contributed by atoms with E-state index in [9.17, 15) is 5.11 Å². The number of rotatable bonds is 5. The molecule has 0 amide bonds. The Bertz CT molecular complexity index is 508. The summed E-state index contributed by atoms with van der Waals surface area (Å²) in [5.74, 6) is 0.414. The molecule has 0 saturated heterocycles. The fraction of sp³-hybridized carbons (Fsp3) is 0.600. The molecule has 3 nitrogen and oxygen atoms in total. The number of unbranched alkanes of at least 4 members (excludes halogenated alkanes) is 1. The van der Waals surface area contributed by atoms with Crippen molar-refractivity contribution in [1.82, 2.24) is 0 Å². The summed E-state index contributed by atoms with van der Waals surface area (Å²) in [5, 5.41) is 28.3. The van der Waals surface area contributed by atoms with E-state index in [4.69, 9.17) is 10.2 Å². The summed E-state index contributed by atoms with van der Waals surface area (Å²) < 4.78 is 0. The van der Waals surface area contributed by atoms with E-state index >= 15 is 0 Å². The van der Waals surface area contributed by atoms with Crippen molar-refractivity contribution in [3.63, 3.8) is 0 Å². The number of hydrogen-bond acceptors (Lipinski definition) is 3. The lowest BCUT2D eigenvalue weighted by Gasteiger charge is -2.28. The van der Waals surface area contributed by atoms with Gasteiger partial charge in [0.05, 0.1) is 0 Å². The second kappa shape index (κ2) is 7.50. The van der Waals surface area contributed by atoms with Crippen LogP contribution in [-0.4, -0.2) is 21.6 Å². The number of aromatic hydroxyl groups is 1. The Morgan fingerprint density at radius 1 is 0.957 bits per heavy atom. The molecule has 0 spiro atoms. The Balaban J connectivity index is 3.04. The quantitative estimate of drug-likeness (QED) is 0.433. The van der Waals surface area contributed by atoms with E-state index in [-0.39, 0.29) is 10.8 Å². The minimum atomic E-state index is -1.37. The van der Waals surface area contributed by atoms with Crippen LogP contribution in [0.1, 0.15) is 71.1 Å². The highest BCUT2D eigenvalue weighted by Gasteiger charge is 2.26. The SMILES string of the molecule is CC(C)(C)c1cc(CCCC=CC(O)O)cc(C(C)(C)C)c1O. The van der Waals surface area contributed by atoms with Crippen LogP contribution in [0.25, 0.3) is 0 Å². The minimum Gasteiger partial charge on any atom is -0.507 e. The number of aliphatic hydroxyl groups is 2. The molecule has 0 aromatic heterocycles. The third-order valence-electron chi connectivity index (χ3n) is 3.93. The minimum absolute atomic E-state index is 0.110. The number of phenolic OH excluding ortho intramolecular Hbond substituents is 1. The maximum Gasteiger partial charge on any atom is 0.171 e. The summed E-state index contributed by atoms with van der Waals surface area (Å²) in [6, 6.07) is 4.21. The van der Waals surface area contributed by atoms with Crippen molar-refractivity contribution in [1.29, 1.82) is 0 Å². The first-order valence-corrected chi connectivity index (χ1v) is 8.32. The molecule has 1 aromatic rings. The molecule has 23 heavy (non-hydrogen) atoms. The summed E-state index contributed by atoms with van der Waals surface area (Å²) in [6.45, 7) is 12.7. The molecule has 0 aliphatic heterocycles. The van der Waals surface area contributed by atoms with Gasteiger partial charge < -0.3 is 15.3 Å². The molecule has 1 aromatic carbocycles. The molecule has 0 bridgehead atoms. The van der Waals surface area contributed by atoms with Gasteiger partial charge in [-0.15, -0.1) is 0 Å². The Kier molecular flexibility index (Phi) is 6.43. The van der Waals surface area contributed by atoms with Gasteiger partial charge in [0.1, 0.15) is 5.75 Å². The second-order valence-electron chi connectivity index (χ2n) is 8.27. The van der Waals surface area contributed by atoms with Crippen molar-refractivity contribution in [2.75, 3.05) is 0 Å². The first-order chi connectivity index (χ1) is 10.4. The van der Waals surface area contributed by atoms with E-state index in [1.54, 1.807) is 6.08 Å². The van der Waals surface area contributed by atoms with E-state index in [1.807, 2.05) is 0 Å². The molecule has 0 aliphatic carbocycles. The van der Waals surface area contributed by atoms with Crippen LogP contribution in [0.4, 0.5) is 0 Å². The number of benzene rings is 1.